The van der Waals surface area contributed by atoms with Crippen molar-refractivity contribution < 1.29 is 4.52 Å². The molecule has 0 N–H and O–H groups in total. The molecular formula is C18H16N4OS2. The van der Waals surface area contributed by atoms with Gasteiger partial charge >= 0.3 is 0 Å². The largest absolute Gasteiger partial charge is 0.337 e. The first-order valence-electron chi connectivity index (χ1n) is 7.88. The number of hydrogen-bond acceptors (Lipinski definition) is 7. The van der Waals surface area contributed by atoms with Crippen LogP contribution in [0.1, 0.15) is 15.6 Å². The predicted octanol–water partition coefficient (Wildman–Crippen LogP) is 4.46. The molecule has 4 heterocycles. The molecule has 4 aromatic heterocycles. The van der Waals surface area contributed by atoms with E-state index in [4.69, 9.17) is 4.52 Å². The minimum atomic E-state index is 0.530. The van der Waals surface area contributed by atoms with E-state index in [0.29, 0.717) is 18.3 Å². The van der Waals surface area contributed by atoms with Gasteiger partial charge in [0.15, 0.2) is 0 Å². The monoisotopic (exact) mass is 368 g/mol. The Labute approximate surface area is 153 Å². The normalized spacial score (nSPS) is 11.2. The summed E-state index contributed by atoms with van der Waals surface area (Å²) < 4.78 is 5.45. The van der Waals surface area contributed by atoms with Crippen molar-refractivity contribution in [2.24, 2.45) is 0 Å². The summed E-state index contributed by atoms with van der Waals surface area (Å²) in [4.78, 5) is 13.7. The number of thiophene rings is 2. The second-order valence-corrected chi connectivity index (χ2v) is 7.60. The Kier molecular flexibility index (Phi) is 4.96. The van der Waals surface area contributed by atoms with Crippen molar-refractivity contribution in [2.75, 3.05) is 0 Å². The van der Waals surface area contributed by atoms with E-state index in [1.807, 2.05) is 18.2 Å². The van der Waals surface area contributed by atoms with Crippen LogP contribution in [-0.4, -0.2) is 20.0 Å². The van der Waals surface area contributed by atoms with Crippen LogP contribution in [0.3, 0.4) is 0 Å². The first kappa shape index (κ1) is 16.1. The van der Waals surface area contributed by atoms with E-state index in [0.717, 1.165) is 18.8 Å². The molecule has 0 bridgehead atoms. The highest BCUT2D eigenvalue weighted by atomic mass is 32.1. The molecule has 0 aliphatic rings. The first-order chi connectivity index (χ1) is 12.4. The van der Waals surface area contributed by atoms with Crippen LogP contribution in [0.2, 0.25) is 0 Å². The molecule has 4 rings (SSSR count). The standard InChI is InChI=1S/C18H16N4OS2/c1-2-8-19-16(7-1)18-20-17(23-21-18)13-22(11-14-5-3-9-24-14)12-15-6-4-10-25-15/h1-10H,11-13H2. The minimum Gasteiger partial charge on any atom is -0.337 e. The summed E-state index contributed by atoms with van der Waals surface area (Å²) in [6, 6.07) is 14.1. The van der Waals surface area contributed by atoms with E-state index in [2.05, 4.69) is 55.1 Å². The summed E-state index contributed by atoms with van der Waals surface area (Å²) in [6.45, 7) is 2.32. The molecule has 0 saturated heterocycles. The highest BCUT2D eigenvalue weighted by Crippen LogP contribution is 2.20. The zero-order valence-corrected chi connectivity index (χ0v) is 15.0. The van der Waals surface area contributed by atoms with E-state index >= 15 is 0 Å². The molecule has 0 fully saturated rings. The topological polar surface area (TPSA) is 55.1 Å². The average molecular weight is 368 g/mol. The highest BCUT2D eigenvalue weighted by Gasteiger charge is 2.15. The van der Waals surface area contributed by atoms with E-state index in [-0.39, 0.29) is 0 Å². The molecule has 7 heteroatoms. The lowest BCUT2D eigenvalue weighted by molar-refractivity contribution is 0.214. The van der Waals surface area contributed by atoms with Gasteiger partial charge in [0, 0.05) is 29.0 Å². The third kappa shape index (κ3) is 4.19. The highest BCUT2D eigenvalue weighted by molar-refractivity contribution is 7.10. The number of pyridine rings is 1. The van der Waals surface area contributed by atoms with Gasteiger partial charge in [-0.05, 0) is 35.0 Å². The summed E-state index contributed by atoms with van der Waals surface area (Å²) in [5, 5.41) is 8.27. The number of rotatable bonds is 7. The molecule has 0 aromatic carbocycles. The van der Waals surface area contributed by atoms with Gasteiger partial charge in [-0.2, -0.15) is 4.98 Å². The smallest absolute Gasteiger partial charge is 0.241 e. The molecule has 5 nitrogen and oxygen atoms in total. The van der Waals surface area contributed by atoms with Gasteiger partial charge in [0.1, 0.15) is 5.69 Å². The van der Waals surface area contributed by atoms with Crippen LogP contribution in [0, 0.1) is 0 Å². The summed E-state index contributed by atoms with van der Waals surface area (Å²) in [7, 11) is 0. The van der Waals surface area contributed by atoms with Crippen molar-refractivity contribution >= 4 is 22.7 Å². The third-order valence-corrected chi connectivity index (χ3v) is 5.36. The molecule has 0 aliphatic carbocycles. The second kappa shape index (κ2) is 7.69. The van der Waals surface area contributed by atoms with Crippen LogP contribution in [0.15, 0.2) is 63.9 Å². The molecule has 126 valence electrons. The maximum Gasteiger partial charge on any atom is 0.241 e. The molecule has 0 spiro atoms. The van der Waals surface area contributed by atoms with Crippen molar-refractivity contribution in [1.82, 2.24) is 20.0 Å². The van der Waals surface area contributed by atoms with E-state index in [1.54, 1.807) is 28.9 Å². The van der Waals surface area contributed by atoms with E-state index in [1.165, 1.54) is 9.75 Å². The maximum absolute atomic E-state index is 5.45. The van der Waals surface area contributed by atoms with Gasteiger partial charge in [0.25, 0.3) is 0 Å². The fourth-order valence-corrected chi connectivity index (χ4v) is 4.02. The fourth-order valence-electron chi connectivity index (χ4n) is 2.52. The molecule has 0 aliphatic heterocycles. The van der Waals surface area contributed by atoms with Crippen molar-refractivity contribution in [3.05, 3.63) is 75.1 Å². The summed E-state index contributed by atoms with van der Waals surface area (Å²) in [5.41, 5.74) is 0.723. The lowest BCUT2D eigenvalue weighted by Gasteiger charge is -2.18. The number of aromatic nitrogens is 3. The number of nitrogens with zero attached hydrogens (tertiary/aromatic N) is 4. The Morgan fingerprint density at radius 2 is 1.64 bits per heavy atom. The summed E-state index contributed by atoms with van der Waals surface area (Å²) in [6.07, 6.45) is 1.73. The van der Waals surface area contributed by atoms with Gasteiger partial charge in [0.2, 0.25) is 11.7 Å². The van der Waals surface area contributed by atoms with Crippen molar-refractivity contribution in [2.45, 2.75) is 19.6 Å². The quantitative estimate of drug-likeness (QED) is 0.482. The Morgan fingerprint density at radius 3 is 2.24 bits per heavy atom. The maximum atomic E-state index is 5.45. The lowest BCUT2D eigenvalue weighted by atomic mass is 10.3. The second-order valence-electron chi connectivity index (χ2n) is 5.53. The fraction of sp³-hybridized carbons (Fsp3) is 0.167. The number of hydrogen-bond donors (Lipinski definition) is 0. The van der Waals surface area contributed by atoms with Gasteiger partial charge in [0.05, 0.1) is 6.54 Å². The molecular weight excluding hydrogens is 352 g/mol. The van der Waals surface area contributed by atoms with Crippen LogP contribution in [-0.2, 0) is 19.6 Å². The van der Waals surface area contributed by atoms with Crippen LogP contribution >= 0.6 is 22.7 Å². The third-order valence-electron chi connectivity index (χ3n) is 3.64. The molecule has 0 saturated carbocycles. The van der Waals surface area contributed by atoms with E-state index < -0.39 is 0 Å². The zero-order valence-electron chi connectivity index (χ0n) is 13.4. The Morgan fingerprint density at radius 1 is 0.880 bits per heavy atom. The van der Waals surface area contributed by atoms with Gasteiger partial charge in [-0.3, -0.25) is 9.88 Å². The van der Waals surface area contributed by atoms with Gasteiger partial charge in [-0.1, -0.05) is 23.4 Å². The van der Waals surface area contributed by atoms with Crippen LogP contribution in [0.5, 0.6) is 0 Å². The Balaban J connectivity index is 1.50. The van der Waals surface area contributed by atoms with Crippen LogP contribution in [0.25, 0.3) is 11.5 Å². The average Bonchev–Trinajstić information content (AvgIpc) is 3.38. The van der Waals surface area contributed by atoms with Crippen molar-refractivity contribution in [3.8, 4) is 11.5 Å². The first-order valence-corrected chi connectivity index (χ1v) is 9.64. The van der Waals surface area contributed by atoms with Gasteiger partial charge in [-0.25, -0.2) is 0 Å². The molecule has 4 aromatic rings. The van der Waals surface area contributed by atoms with E-state index in [9.17, 15) is 0 Å². The van der Waals surface area contributed by atoms with Crippen molar-refractivity contribution in [1.29, 1.82) is 0 Å². The molecule has 25 heavy (non-hydrogen) atoms. The summed E-state index contributed by atoms with van der Waals surface area (Å²) >= 11 is 3.52. The van der Waals surface area contributed by atoms with Crippen LogP contribution < -0.4 is 0 Å². The SMILES string of the molecule is c1ccc(-c2noc(CN(Cc3cccs3)Cc3cccs3)n2)nc1. The van der Waals surface area contributed by atoms with Gasteiger partial charge in [-0.15, -0.1) is 22.7 Å². The minimum absolute atomic E-state index is 0.530. The zero-order chi connectivity index (χ0) is 16.9. The molecule has 0 radical (unpaired) electrons. The lowest BCUT2D eigenvalue weighted by Crippen LogP contribution is -2.21. The predicted molar refractivity (Wildman–Crippen MR) is 99.1 cm³/mol. The van der Waals surface area contributed by atoms with Crippen LogP contribution in [0.4, 0.5) is 0 Å². The Bertz CT molecular complexity index is 852. The van der Waals surface area contributed by atoms with Crippen molar-refractivity contribution in [3.63, 3.8) is 0 Å². The summed E-state index contributed by atoms with van der Waals surface area (Å²) in [5.74, 6) is 1.14. The molecule has 0 unspecified atom stereocenters. The molecule has 0 amide bonds. The molecule has 0 atom stereocenters. The Hall–Kier alpha value is -2.35. The van der Waals surface area contributed by atoms with Gasteiger partial charge < -0.3 is 4.52 Å².